The molecule has 0 bridgehead atoms. The molecule has 0 saturated heterocycles. The van der Waals surface area contributed by atoms with Gasteiger partial charge in [0, 0.05) is 11.3 Å². The molecule has 0 saturated carbocycles. The Morgan fingerprint density at radius 3 is 2.76 bits per heavy atom. The summed E-state index contributed by atoms with van der Waals surface area (Å²) in [6.45, 7) is 3.67. The van der Waals surface area contributed by atoms with E-state index in [1.807, 2.05) is 26.0 Å². The van der Waals surface area contributed by atoms with Crippen molar-refractivity contribution in [2.45, 2.75) is 20.4 Å². The minimum absolute atomic E-state index is 0.00915. The molecule has 4 heteroatoms. The van der Waals surface area contributed by atoms with Crippen molar-refractivity contribution >= 4 is 16.6 Å². The van der Waals surface area contributed by atoms with E-state index in [1.165, 1.54) is 4.68 Å². The second kappa shape index (κ2) is 4.49. The zero-order valence-corrected chi connectivity index (χ0v) is 9.88. The Morgan fingerprint density at radius 1 is 1.35 bits per heavy atom. The first-order valence-electron chi connectivity index (χ1n) is 5.57. The van der Waals surface area contributed by atoms with Crippen LogP contribution in [0.25, 0.3) is 10.8 Å². The zero-order chi connectivity index (χ0) is 12.4. The SMILES string of the molecule is CC(C)C(=O)Cn1ncc2ccccc2c1=O. The van der Waals surface area contributed by atoms with Crippen LogP contribution in [0.1, 0.15) is 13.8 Å². The summed E-state index contributed by atoms with van der Waals surface area (Å²) in [5.41, 5.74) is -0.211. The smallest absolute Gasteiger partial charge is 0.275 e. The van der Waals surface area contributed by atoms with Gasteiger partial charge in [0.15, 0.2) is 5.78 Å². The van der Waals surface area contributed by atoms with Crippen LogP contribution in [0.2, 0.25) is 0 Å². The third-order valence-electron chi connectivity index (χ3n) is 2.71. The Bertz CT molecular complexity index is 614. The van der Waals surface area contributed by atoms with E-state index in [1.54, 1.807) is 18.3 Å². The number of benzene rings is 1. The third-order valence-corrected chi connectivity index (χ3v) is 2.71. The largest absolute Gasteiger partial charge is 0.297 e. The van der Waals surface area contributed by atoms with Gasteiger partial charge in [-0.1, -0.05) is 32.0 Å². The normalized spacial score (nSPS) is 11.0. The summed E-state index contributed by atoms with van der Waals surface area (Å²) in [5.74, 6) is -0.0787. The van der Waals surface area contributed by atoms with E-state index >= 15 is 0 Å². The molecule has 2 aromatic rings. The monoisotopic (exact) mass is 230 g/mol. The zero-order valence-electron chi connectivity index (χ0n) is 9.88. The number of nitrogens with zero attached hydrogens (tertiary/aromatic N) is 2. The molecule has 1 aromatic carbocycles. The van der Waals surface area contributed by atoms with Gasteiger partial charge in [0.2, 0.25) is 0 Å². The first kappa shape index (κ1) is 11.5. The highest BCUT2D eigenvalue weighted by Crippen LogP contribution is 2.06. The summed E-state index contributed by atoms with van der Waals surface area (Å²) in [7, 11) is 0. The average Bonchev–Trinajstić information content (AvgIpc) is 2.33. The van der Waals surface area contributed by atoms with E-state index in [0.29, 0.717) is 5.39 Å². The average molecular weight is 230 g/mol. The maximum Gasteiger partial charge on any atom is 0.275 e. The Hall–Kier alpha value is -1.97. The molecule has 0 aliphatic carbocycles. The molecule has 0 N–H and O–H groups in total. The molecular weight excluding hydrogens is 216 g/mol. The number of rotatable bonds is 3. The summed E-state index contributed by atoms with van der Waals surface area (Å²) in [6, 6.07) is 7.24. The molecule has 0 atom stereocenters. The molecule has 0 spiro atoms. The van der Waals surface area contributed by atoms with E-state index in [0.717, 1.165) is 5.39 Å². The van der Waals surface area contributed by atoms with Crippen LogP contribution in [0.15, 0.2) is 35.3 Å². The number of ketones is 1. The van der Waals surface area contributed by atoms with Crippen LogP contribution < -0.4 is 5.56 Å². The first-order valence-corrected chi connectivity index (χ1v) is 5.57. The lowest BCUT2D eigenvalue weighted by Gasteiger charge is -2.06. The lowest BCUT2D eigenvalue weighted by atomic mass is 10.1. The van der Waals surface area contributed by atoms with Crippen molar-refractivity contribution in [2.75, 3.05) is 0 Å². The predicted molar refractivity (Wildman–Crippen MR) is 65.8 cm³/mol. The van der Waals surface area contributed by atoms with Crippen LogP contribution in [0, 0.1) is 5.92 Å². The molecular formula is C13H14N2O2. The molecule has 4 nitrogen and oxygen atoms in total. The molecule has 0 aliphatic rings. The first-order chi connectivity index (χ1) is 8.09. The summed E-state index contributed by atoms with van der Waals surface area (Å²) in [4.78, 5) is 23.6. The molecule has 2 rings (SSSR count). The molecule has 1 heterocycles. The standard InChI is InChI=1S/C13H14N2O2/c1-9(2)12(16)8-15-13(17)11-6-4-3-5-10(11)7-14-15/h3-7,9H,8H2,1-2H3. The van der Waals surface area contributed by atoms with Gasteiger partial charge >= 0.3 is 0 Å². The van der Waals surface area contributed by atoms with Crippen LogP contribution in [0.5, 0.6) is 0 Å². The van der Waals surface area contributed by atoms with Crippen molar-refractivity contribution in [3.8, 4) is 0 Å². The van der Waals surface area contributed by atoms with Gasteiger partial charge in [0.05, 0.1) is 11.6 Å². The molecule has 88 valence electrons. The molecule has 0 amide bonds. The lowest BCUT2D eigenvalue weighted by molar-refractivity contribution is -0.122. The van der Waals surface area contributed by atoms with E-state index < -0.39 is 0 Å². The Labute approximate surface area is 98.9 Å². The topological polar surface area (TPSA) is 52.0 Å². The highest BCUT2D eigenvalue weighted by atomic mass is 16.1. The van der Waals surface area contributed by atoms with Gasteiger partial charge in [-0.2, -0.15) is 5.10 Å². The minimum Gasteiger partial charge on any atom is -0.297 e. The molecule has 0 aliphatic heterocycles. The maximum atomic E-state index is 12.0. The summed E-state index contributed by atoms with van der Waals surface area (Å²) in [5, 5.41) is 5.41. The van der Waals surface area contributed by atoms with Gasteiger partial charge in [-0.05, 0) is 6.07 Å². The highest BCUT2D eigenvalue weighted by molar-refractivity contribution is 5.82. The number of Topliss-reactive ketones (excluding diaryl/α,β-unsaturated/α-hetero) is 1. The maximum absolute atomic E-state index is 12.0. The van der Waals surface area contributed by atoms with Crippen LogP contribution >= 0.6 is 0 Å². The van der Waals surface area contributed by atoms with E-state index in [9.17, 15) is 9.59 Å². The van der Waals surface area contributed by atoms with Crippen LogP contribution in [-0.4, -0.2) is 15.6 Å². The van der Waals surface area contributed by atoms with Gasteiger partial charge in [-0.15, -0.1) is 0 Å². The second-order valence-corrected chi connectivity index (χ2v) is 4.32. The number of aromatic nitrogens is 2. The number of hydrogen-bond donors (Lipinski definition) is 0. The van der Waals surface area contributed by atoms with E-state index in [4.69, 9.17) is 0 Å². The number of carbonyl (C=O) groups excluding carboxylic acids is 1. The third kappa shape index (κ3) is 2.25. The quantitative estimate of drug-likeness (QED) is 0.805. The van der Waals surface area contributed by atoms with Gasteiger partial charge in [-0.25, -0.2) is 4.68 Å². The van der Waals surface area contributed by atoms with E-state index in [-0.39, 0.29) is 23.8 Å². The molecule has 0 unspecified atom stereocenters. The van der Waals surface area contributed by atoms with Gasteiger partial charge in [-0.3, -0.25) is 9.59 Å². The Morgan fingerprint density at radius 2 is 2.06 bits per heavy atom. The van der Waals surface area contributed by atoms with Crippen LogP contribution in [0.4, 0.5) is 0 Å². The fourth-order valence-electron chi connectivity index (χ4n) is 1.57. The molecule has 0 radical (unpaired) electrons. The fourth-order valence-corrected chi connectivity index (χ4v) is 1.57. The Kier molecular flexibility index (Phi) is 3.04. The van der Waals surface area contributed by atoms with Gasteiger partial charge in [0.1, 0.15) is 6.54 Å². The summed E-state index contributed by atoms with van der Waals surface area (Å²) >= 11 is 0. The Balaban J connectivity index is 2.47. The van der Waals surface area contributed by atoms with E-state index in [2.05, 4.69) is 5.10 Å². The summed E-state index contributed by atoms with van der Waals surface area (Å²) < 4.78 is 1.23. The van der Waals surface area contributed by atoms with Gasteiger partial charge in [0.25, 0.3) is 5.56 Å². The van der Waals surface area contributed by atoms with Crippen molar-refractivity contribution in [2.24, 2.45) is 5.92 Å². The van der Waals surface area contributed by atoms with Gasteiger partial charge < -0.3 is 0 Å². The number of fused-ring (bicyclic) bond motifs is 1. The van der Waals surface area contributed by atoms with Crippen molar-refractivity contribution in [3.05, 3.63) is 40.8 Å². The predicted octanol–water partition coefficient (Wildman–Crippen LogP) is 1.62. The van der Waals surface area contributed by atoms with Crippen molar-refractivity contribution in [1.82, 2.24) is 9.78 Å². The molecule has 17 heavy (non-hydrogen) atoms. The molecule has 1 aromatic heterocycles. The summed E-state index contributed by atoms with van der Waals surface area (Å²) in [6.07, 6.45) is 1.62. The van der Waals surface area contributed by atoms with Crippen LogP contribution in [-0.2, 0) is 11.3 Å². The van der Waals surface area contributed by atoms with Crippen molar-refractivity contribution < 1.29 is 4.79 Å². The molecule has 0 fully saturated rings. The van der Waals surface area contributed by atoms with Crippen LogP contribution in [0.3, 0.4) is 0 Å². The lowest BCUT2D eigenvalue weighted by Crippen LogP contribution is -2.28. The highest BCUT2D eigenvalue weighted by Gasteiger charge is 2.11. The minimum atomic E-state index is -0.211. The number of hydrogen-bond acceptors (Lipinski definition) is 3. The number of carbonyl (C=O) groups is 1. The van der Waals surface area contributed by atoms with Crippen molar-refractivity contribution in [1.29, 1.82) is 0 Å². The van der Waals surface area contributed by atoms with Crippen molar-refractivity contribution in [3.63, 3.8) is 0 Å². The second-order valence-electron chi connectivity index (χ2n) is 4.32. The fraction of sp³-hybridized carbons (Fsp3) is 0.308.